The molecule has 3 aliphatic heterocycles. The van der Waals surface area contributed by atoms with Crippen molar-refractivity contribution in [1.29, 1.82) is 0 Å². The Labute approximate surface area is 315 Å². The van der Waals surface area contributed by atoms with Gasteiger partial charge in [0.1, 0.15) is 18.0 Å². The van der Waals surface area contributed by atoms with Crippen LogP contribution in [0.5, 0.6) is 0 Å². The third kappa shape index (κ3) is 8.68. The van der Waals surface area contributed by atoms with Crippen LogP contribution in [0.15, 0.2) is 42.6 Å². The van der Waals surface area contributed by atoms with E-state index in [2.05, 4.69) is 10.3 Å². The van der Waals surface area contributed by atoms with E-state index in [1.54, 1.807) is 33.0 Å². The molecule has 13 nitrogen and oxygen atoms in total. The van der Waals surface area contributed by atoms with Crippen LogP contribution in [-0.2, 0) is 38.1 Å². The van der Waals surface area contributed by atoms with Gasteiger partial charge in [0.05, 0.1) is 36.0 Å². The van der Waals surface area contributed by atoms with Crippen molar-refractivity contribution in [2.24, 2.45) is 17.8 Å². The van der Waals surface area contributed by atoms with Crippen LogP contribution < -0.4 is 5.32 Å². The molecule has 0 saturated carbocycles. The molecule has 13 atom stereocenters. The van der Waals surface area contributed by atoms with Gasteiger partial charge in [-0.15, -0.1) is 0 Å². The number of alkyl halides is 1. The van der Waals surface area contributed by atoms with Crippen molar-refractivity contribution in [3.05, 3.63) is 48.2 Å². The first kappa shape index (κ1) is 41.3. The van der Waals surface area contributed by atoms with Crippen molar-refractivity contribution in [3.63, 3.8) is 0 Å². The zero-order chi connectivity index (χ0) is 39.7. The minimum atomic E-state index is -3.17. The number of esters is 1. The summed E-state index contributed by atoms with van der Waals surface area (Å²) in [5.74, 6) is -5.89. The molecule has 1 aromatic carbocycles. The summed E-state index contributed by atoms with van der Waals surface area (Å²) in [5, 5.41) is 15.1. The number of carbonyl (C=O) groups excluding carboxylic acids is 4. The number of benzene rings is 1. The fourth-order valence-corrected chi connectivity index (χ4v) is 8.04. The summed E-state index contributed by atoms with van der Waals surface area (Å²) in [5.41, 5.74) is -3.05. The van der Waals surface area contributed by atoms with E-state index in [0.29, 0.717) is 6.42 Å². The second-order valence-electron chi connectivity index (χ2n) is 15.7. The maximum absolute atomic E-state index is 16.6. The second-order valence-corrected chi connectivity index (χ2v) is 15.7. The van der Waals surface area contributed by atoms with Gasteiger partial charge in [-0.05, 0) is 72.3 Å². The maximum Gasteiger partial charge on any atom is 0.407 e. The van der Waals surface area contributed by atoms with Crippen LogP contribution in [0.25, 0.3) is 17.0 Å². The predicted molar refractivity (Wildman–Crippen MR) is 197 cm³/mol. The molecule has 5 rings (SSSR count). The number of halogens is 1. The number of nitrogens with one attached hydrogen (secondary N) is 1. The lowest BCUT2D eigenvalue weighted by Crippen LogP contribution is -2.60. The molecule has 3 unspecified atom stereocenters. The van der Waals surface area contributed by atoms with Gasteiger partial charge >= 0.3 is 12.1 Å². The van der Waals surface area contributed by atoms with E-state index in [1.807, 2.05) is 62.3 Å². The van der Waals surface area contributed by atoms with Crippen molar-refractivity contribution >= 4 is 40.6 Å². The molecular formula is C40H54FN3O10. The first-order valence-corrected chi connectivity index (χ1v) is 18.6. The standard InChI is InChI=1S/C40H54FN3O10/c1-21-19-39(6,50-16-12-13-26-18-27-14-10-11-15-28(27)42-20-26)35(54-36-32(46)29(44(8)9)17-22(2)51-36)24(4)34(47)40(7,41)37(48)52-25(5)33-30(23(3)31(21)45)43-38(49)53-33/h10-15,18,20-25,29-30,32-33,35-36,46H,16-17,19H2,1-9H3,(H,43,49)/b13-12+/t21-,22-,23-,24+,25+,29+,30?,32-,33?,35-,36+,39+,40?/m1/s1. The minimum Gasteiger partial charge on any atom is -0.456 e. The average Bonchev–Trinajstić information content (AvgIpc) is 3.53. The topological polar surface area (TPSA) is 163 Å². The summed E-state index contributed by atoms with van der Waals surface area (Å²) >= 11 is 0. The molecular weight excluding hydrogens is 701 g/mol. The third-order valence-electron chi connectivity index (χ3n) is 11.1. The quantitative estimate of drug-likeness (QED) is 0.303. The molecule has 14 heteroatoms. The van der Waals surface area contributed by atoms with Gasteiger partial charge in [-0.1, -0.05) is 51.1 Å². The Morgan fingerprint density at radius 3 is 2.46 bits per heavy atom. The second kappa shape index (κ2) is 16.5. The Hall–Kier alpha value is -3.82. The van der Waals surface area contributed by atoms with Crippen LogP contribution in [0, 0.1) is 17.8 Å². The molecule has 2 N–H and O–H groups in total. The lowest BCUT2D eigenvalue weighted by atomic mass is 9.75. The number of Topliss-reactive ketones (excluding diaryl/α,β-unsaturated/α-hetero) is 2. The number of fused-ring (bicyclic) bond motifs is 2. The molecule has 0 spiro atoms. The van der Waals surface area contributed by atoms with Gasteiger partial charge < -0.3 is 39.0 Å². The van der Waals surface area contributed by atoms with Crippen molar-refractivity contribution in [1.82, 2.24) is 15.2 Å². The van der Waals surface area contributed by atoms with Crippen LogP contribution in [0.3, 0.4) is 0 Å². The molecule has 296 valence electrons. The number of hydrogen-bond acceptors (Lipinski definition) is 12. The predicted octanol–water partition coefficient (Wildman–Crippen LogP) is 4.42. The number of aliphatic hydroxyl groups excluding tert-OH is 1. The lowest BCUT2D eigenvalue weighted by molar-refractivity contribution is -0.297. The number of cyclic esters (lactones) is 1. The third-order valence-corrected chi connectivity index (χ3v) is 11.1. The van der Waals surface area contributed by atoms with E-state index in [0.717, 1.165) is 23.4 Å². The first-order valence-electron chi connectivity index (χ1n) is 18.6. The summed E-state index contributed by atoms with van der Waals surface area (Å²) in [7, 11) is 3.64. The van der Waals surface area contributed by atoms with E-state index in [9.17, 15) is 24.3 Å². The van der Waals surface area contributed by atoms with Crippen LogP contribution in [-0.4, -0.2) is 119 Å². The number of nitrogens with zero attached hydrogens (tertiary/aromatic N) is 2. The van der Waals surface area contributed by atoms with Crippen molar-refractivity contribution in [2.75, 3.05) is 20.7 Å². The van der Waals surface area contributed by atoms with Gasteiger partial charge in [-0.2, -0.15) is 0 Å². The number of amides is 1. The number of likely N-dealkylation sites (N-methyl/N-ethyl adjacent to an activating group) is 1. The number of aromatic nitrogens is 1. The molecule has 3 aliphatic rings. The molecule has 54 heavy (non-hydrogen) atoms. The maximum atomic E-state index is 16.6. The van der Waals surface area contributed by atoms with Crippen molar-refractivity contribution in [2.45, 2.75) is 121 Å². The Morgan fingerprint density at radius 2 is 1.76 bits per heavy atom. The molecule has 3 saturated heterocycles. The Morgan fingerprint density at radius 1 is 1.06 bits per heavy atom. The minimum absolute atomic E-state index is 0.0332. The van der Waals surface area contributed by atoms with Crippen LogP contribution in [0.2, 0.25) is 0 Å². The van der Waals surface area contributed by atoms with E-state index < -0.39 is 83.6 Å². The van der Waals surface area contributed by atoms with Gasteiger partial charge in [-0.3, -0.25) is 14.6 Å². The molecule has 0 bridgehead atoms. The molecule has 0 radical (unpaired) electrons. The Kier molecular flexibility index (Phi) is 12.6. The molecule has 1 aromatic heterocycles. The Balaban J connectivity index is 1.56. The van der Waals surface area contributed by atoms with Crippen molar-refractivity contribution < 1.29 is 52.4 Å². The number of rotatable bonds is 7. The van der Waals surface area contributed by atoms with Gasteiger partial charge in [-0.25, -0.2) is 14.0 Å². The summed E-state index contributed by atoms with van der Waals surface area (Å²) in [6, 6.07) is 8.38. The molecule has 2 aromatic rings. The highest BCUT2D eigenvalue weighted by Gasteiger charge is 2.55. The summed E-state index contributed by atoms with van der Waals surface area (Å²) in [6.45, 7) is 10.5. The highest BCUT2D eigenvalue weighted by Crippen LogP contribution is 2.39. The first-order chi connectivity index (χ1) is 25.3. The smallest absolute Gasteiger partial charge is 0.407 e. The zero-order valence-corrected chi connectivity index (χ0v) is 32.5. The summed E-state index contributed by atoms with van der Waals surface area (Å²) in [6.07, 6.45) is -1.55. The normalized spacial score (nSPS) is 38.6. The highest BCUT2D eigenvalue weighted by atomic mass is 19.1. The van der Waals surface area contributed by atoms with Crippen LogP contribution in [0.4, 0.5) is 9.18 Å². The zero-order valence-electron chi connectivity index (χ0n) is 32.5. The fraction of sp³-hybridized carbons (Fsp3) is 0.625. The van der Waals surface area contributed by atoms with E-state index >= 15 is 4.39 Å². The molecule has 4 heterocycles. The number of hydrogen-bond donors (Lipinski definition) is 2. The van der Waals surface area contributed by atoms with Gasteiger partial charge in [0.2, 0.25) is 0 Å². The number of ether oxygens (including phenoxy) is 5. The molecule has 0 aliphatic carbocycles. The number of alkyl carbamates (subject to hydrolysis) is 1. The fourth-order valence-electron chi connectivity index (χ4n) is 8.04. The number of pyridine rings is 1. The lowest BCUT2D eigenvalue weighted by Gasteiger charge is -2.47. The monoisotopic (exact) mass is 755 g/mol. The largest absolute Gasteiger partial charge is 0.456 e. The number of para-hydroxylation sites is 1. The molecule has 3 fully saturated rings. The van der Waals surface area contributed by atoms with Crippen molar-refractivity contribution in [3.8, 4) is 0 Å². The highest BCUT2D eigenvalue weighted by molar-refractivity contribution is 6.07. The molecule has 1 amide bonds. The van der Waals surface area contributed by atoms with E-state index in [1.165, 1.54) is 13.8 Å². The SMILES string of the molecule is C[C@@H]1C[C@H](N(C)C)[C@@H](O)[C@H](O[C@@H]2[C@@H](C)C(=O)C(C)(F)C(=O)O[C@@H](C)C3OC(=O)NC3[C@@H](C)C(=O)[C@H](C)C[C@]2(C)OC/C=C/c2cnc3ccccc3c2)O1. The number of aliphatic hydroxyl groups is 1. The van der Waals surface area contributed by atoms with Gasteiger partial charge in [0.25, 0.3) is 5.67 Å². The number of carbonyl (C=O) groups is 4. The summed E-state index contributed by atoms with van der Waals surface area (Å²) in [4.78, 5) is 60.6. The average molecular weight is 756 g/mol. The van der Waals surface area contributed by atoms with E-state index in [4.69, 9.17) is 23.7 Å². The van der Waals surface area contributed by atoms with Crippen LogP contribution in [0.1, 0.15) is 66.9 Å². The van der Waals surface area contributed by atoms with Gasteiger partial charge in [0.15, 0.2) is 18.2 Å². The van der Waals surface area contributed by atoms with E-state index in [-0.39, 0.29) is 31.0 Å². The Bertz CT molecular complexity index is 1740. The summed E-state index contributed by atoms with van der Waals surface area (Å²) < 4.78 is 46.7. The van der Waals surface area contributed by atoms with Crippen LogP contribution >= 0.6 is 0 Å². The number of ketones is 2. The van der Waals surface area contributed by atoms with Gasteiger partial charge in [0, 0.05) is 35.4 Å².